The fourth-order valence-electron chi connectivity index (χ4n) is 2.00. The number of hydrogen-bond acceptors (Lipinski definition) is 3. The zero-order valence-electron chi connectivity index (χ0n) is 13.9. The summed E-state index contributed by atoms with van der Waals surface area (Å²) in [7, 11) is 0. The van der Waals surface area contributed by atoms with Gasteiger partial charge in [0.1, 0.15) is 0 Å². The van der Waals surface area contributed by atoms with Gasteiger partial charge in [-0.1, -0.05) is 42.0 Å². The average molecular weight is 339 g/mol. The van der Waals surface area contributed by atoms with E-state index in [1.165, 1.54) is 5.56 Å². The Bertz CT molecular complexity index is 722. The largest absolute Gasteiger partial charge is 0.334 e. The fourth-order valence-corrected chi connectivity index (χ4v) is 2.96. The van der Waals surface area contributed by atoms with Crippen molar-refractivity contribution < 1.29 is 4.79 Å². The highest BCUT2D eigenvalue weighted by Gasteiger charge is 2.08. The van der Waals surface area contributed by atoms with E-state index in [4.69, 9.17) is 5.26 Å². The number of nitriles is 1. The Morgan fingerprint density at radius 1 is 1.21 bits per heavy atom. The summed E-state index contributed by atoms with van der Waals surface area (Å²) in [6.07, 6.45) is 0. The lowest BCUT2D eigenvalue weighted by atomic mass is 10.1. The number of para-hydroxylation sites is 1. The molecule has 1 atom stereocenters. The minimum atomic E-state index is -0.239. The summed E-state index contributed by atoms with van der Waals surface area (Å²) >= 11 is 1.57. The second-order valence-corrected chi connectivity index (χ2v) is 6.69. The number of rotatable bonds is 6. The van der Waals surface area contributed by atoms with Gasteiger partial charge in [0.05, 0.1) is 17.7 Å². The number of thioether (sulfide) groups is 1. The van der Waals surface area contributed by atoms with E-state index in [9.17, 15) is 4.79 Å². The number of carbonyl (C=O) groups excluding carboxylic acids is 1. The monoisotopic (exact) mass is 339 g/mol. The summed E-state index contributed by atoms with van der Waals surface area (Å²) in [5.74, 6) is 0.665. The topological polar surface area (TPSA) is 64.9 Å². The number of carbonyl (C=O) groups is 1. The Labute approximate surface area is 147 Å². The molecule has 2 N–H and O–H groups in total. The summed E-state index contributed by atoms with van der Waals surface area (Å²) in [5.41, 5.74) is 3.01. The molecular weight excluding hydrogens is 318 g/mol. The van der Waals surface area contributed by atoms with Crippen molar-refractivity contribution in [1.29, 1.82) is 5.26 Å². The van der Waals surface area contributed by atoms with Gasteiger partial charge >= 0.3 is 6.03 Å². The van der Waals surface area contributed by atoms with Gasteiger partial charge in [0, 0.05) is 17.2 Å². The van der Waals surface area contributed by atoms with Crippen LogP contribution in [-0.2, 0) is 6.54 Å². The van der Waals surface area contributed by atoms with Gasteiger partial charge < -0.3 is 10.6 Å². The van der Waals surface area contributed by atoms with Crippen LogP contribution >= 0.6 is 11.8 Å². The van der Waals surface area contributed by atoms with Gasteiger partial charge in [-0.25, -0.2) is 4.79 Å². The maximum atomic E-state index is 12.1. The van der Waals surface area contributed by atoms with Crippen molar-refractivity contribution in [2.24, 2.45) is 5.92 Å². The lowest BCUT2D eigenvalue weighted by molar-refractivity contribution is 0.251. The summed E-state index contributed by atoms with van der Waals surface area (Å²) in [6, 6.07) is 17.7. The van der Waals surface area contributed by atoms with E-state index in [-0.39, 0.29) is 11.9 Å². The maximum Gasteiger partial charge on any atom is 0.319 e. The first-order valence-corrected chi connectivity index (χ1v) is 8.79. The molecule has 24 heavy (non-hydrogen) atoms. The van der Waals surface area contributed by atoms with E-state index in [2.05, 4.69) is 16.7 Å². The van der Waals surface area contributed by atoms with Gasteiger partial charge in [0.25, 0.3) is 0 Å². The zero-order chi connectivity index (χ0) is 17.4. The summed E-state index contributed by atoms with van der Waals surface area (Å²) in [5, 5.41) is 14.6. The Kier molecular flexibility index (Phi) is 6.71. The van der Waals surface area contributed by atoms with Gasteiger partial charge in [-0.15, -0.1) is 11.8 Å². The number of urea groups is 1. The third-order valence-electron chi connectivity index (χ3n) is 3.42. The van der Waals surface area contributed by atoms with Crippen LogP contribution < -0.4 is 10.6 Å². The molecule has 0 bridgehead atoms. The van der Waals surface area contributed by atoms with E-state index in [1.54, 1.807) is 11.8 Å². The molecule has 0 aliphatic carbocycles. The smallest absolute Gasteiger partial charge is 0.319 e. The SMILES string of the molecule is Cc1ccc(CNC(=O)Nc2ccccc2SCC(C)C#N)cc1. The molecule has 1 unspecified atom stereocenters. The molecule has 0 aliphatic heterocycles. The van der Waals surface area contributed by atoms with Crippen LogP contribution in [0.15, 0.2) is 53.4 Å². The maximum absolute atomic E-state index is 12.1. The van der Waals surface area contributed by atoms with E-state index in [0.717, 1.165) is 16.1 Å². The molecule has 0 aromatic heterocycles. The highest BCUT2D eigenvalue weighted by molar-refractivity contribution is 7.99. The highest BCUT2D eigenvalue weighted by Crippen LogP contribution is 2.28. The summed E-state index contributed by atoms with van der Waals surface area (Å²) < 4.78 is 0. The molecule has 4 nitrogen and oxygen atoms in total. The number of anilines is 1. The number of hydrogen-bond donors (Lipinski definition) is 2. The minimum Gasteiger partial charge on any atom is -0.334 e. The van der Waals surface area contributed by atoms with Gasteiger partial charge in [0.15, 0.2) is 0 Å². The average Bonchev–Trinajstić information content (AvgIpc) is 2.60. The van der Waals surface area contributed by atoms with Crippen molar-refractivity contribution in [1.82, 2.24) is 5.32 Å². The molecule has 2 amide bonds. The highest BCUT2D eigenvalue weighted by atomic mass is 32.2. The molecule has 0 saturated carbocycles. The van der Waals surface area contributed by atoms with E-state index < -0.39 is 0 Å². The van der Waals surface area contributed by atoms with E-state index in [0.29, 0.717) is 12.3 Å². The first-order valence-electron chi connectivity index (χ1n) is 7.80. The molecule has 0 radical (unpaired) electrons. The van der Waals surface area contributed by atoms with Crippen molar-refractivity contribution in [3.8, 4) is 6.07 Å². The van der Waals surface area contributed by atoms with Gasteiger partial charge in [-0.2, -0.15) is 5.26 Å². The molecular formula is C19H21N3OS. The second-order valence-electron chi connectivity index (χ2n) is 5.63. The quantitative estimate of drug-likeness (QED) is 0.758. The van der Waals surface area contributed by atoms with Gasteiger partial charge in [-0.3, -0.25) is 0 Å². The molecule has 0 saturated heterocycles. The van der Waals surface area contributed by atoms with Gasteiger partial charge in [-0.05, 0) is 31.5 Å². The zero-order valence-corrected chi connectivity index (χ0v) is 14.7. The summed E-state index contributed by atoms with van der Waals surface area (Å²) in [4.78, 5) is 13.1. The van der Waals surface area contributed by atoms with E-state index in [1.807, 2.05) is 62.4 Å². The van der Waals surface area contributed by atoms with Crippen molar-refractivity contribution in [3.05, 3.63) is 59.7 Å². The Morgan fingerprint density at radius 3 is 2.62 bits per heavy atom. The standard InChI is InChI=1S/C19H21N3OS/c1-14-7-9-16(10-8-14)12-21-19(23)22-17-5-3-4-6-18(17)24-13-15(2)11-20/h3-10,15H,12-13H2,1-2H3,(H2,21,22,23). The minimum absolute atomic E-state index is 0.0292. The van der Waals surface area contributed by atoms with Crippen LogP contribution in [0, 0.1) is 24.2 Å². The second kappa shape index (κ2) is 8.99. The molecule has 124 valence electrons. The van der Waals surface area contributed by atoms with Crippen molar-refractivity contribution in [2.45, 2.75) is 25.3 Å². The lowest BCUT2D eigenvalue weighted by Crippen LogP contribution is -2.28. The first kappa shape index (κ1) is 17.9. The van der Waals surface area contributed by atoms with Crippen LogP contribution in [0.3, 0.4) is 0 Å². The molecule has 0 aliphatic rings. The number of benzene rings is 2. The third-order valence-corrected chi connectivity index (χ3v) is 4.75. The third kappa shape index (κ3) is 5.64. The number of nitrogens with one attached hydrogen (secondary N) is 2. The molecule has 2 aromatic rings. The van der Waals surface area contributed by atoms with Crippen molar-refractivity contribution in [2.75, 3.05) is 11.1 Å². The number of aryl methyl sites for hydroxylation is 1. The van der Waals surface area contributed by atoms with E-state index >= 15 is 0 Å². The summed E-state index contributed by atoms with van der Waals surface area (Å²) in [6.45, 7) is 4.40. The van der Waals surface area contributed by atoms with Crippen LogP contribution in [0.5, 0.6) is 0 Å². The van der Waals surface area contributed by atoms with Crippen LogP contribution in [0.1, 0.15) is 18.1 Å². The van der Waals surface area contributed by atoms with Crippen LogP contribution in [0.2, 0.25) is 0 Å². The normalized spacial score (nSPS) is 11.4. The van der Waals surface area contributed by atoms with Crippen LogP contribution in [0.4, 0.5) is 10.5 Å². The van der Waals surface area contributed by atoms with Crippen molar-refractivity contribution in [3.63, 3.8) is 0 Å². The molecule has 0 spiro atoms. The molecule has 2 aromatic carbocycles. The van der Waals surface area contributed by atoms with Crippen molar-refractivity contribution >= 4 is 23.5 Å². The fraction of sp³-hybridized carbons (Fsp3) is 0.263. The molecule has 5 heteroatoms. The first-order chi connectivity index (χ1) is 11.6. The van der Waals surface area contributed by atoms with Crippen LogP contribution in [-0.4, -0.2) is 11.8 Å². The van der Waals surface area contributed by atoms with Crippen LogP contribution in [0.25, 0.3) is 0 Å². The number of amides is 2. The molecule has 2 rings (SSSR count). The molecule has 0 heterocycles. The molecule has 0 fully saturated rings. The Hall–Kier alpha value is -2.45. The lowest BCUT2D eigenvalue weighted by Gasteiger charge is -2.12. The predicted molar refractivity (Wildman–Crippen MR) is 99.0 cm³/mol. The van der Waals surface area contributed by atoms with Gasteiger partial charge in [0.2, 0.25) is 0 Å². The Balaban J connectivity index is 1.91. The predicted octanol–water partition coefficient (Wildman–Crippen LogP) is 4.57. The Morgan fingerprint density at radius 2 is 1.92 bits per heavy atom. The number of nitrogens with zero attached hydrogens (tertiary/aromatic N) is 1.